The number of benzene rings is 1. The summed E-state index contributed by atoms with van der Waals surface area (Å²) in [6.07, 6.45) is 0. The van der Waals surface area contributed by atoms with Crippen molar-refractivity contribution in [3.8, 4) is 11.4 Å². The van der Waals surface area contributed by atoms with Gasteiger partial charge in [0.2, 0.25) is 0 Å². The number of anilines is 1. The Labute approximate surface area is 89.0 Å². The molecule has 2 aromatic rings. The van der Waals surface area contributed by atoms with E-state index in [0.717, 1.165) is 17.2 Å². The molecule has 15 heavy (non-hydrogen) atoms. The molecule has 0 saturated heterocycles. The van der Waals surface area contributed by atoms with Crippen molar-refractivity contribution in [2.75, 3.05) is 19.0 Å². The van der Waals surface area contributed by atoms with Crippen molar-refractivity contribution >= 4 is 5.69 Å². The Hall–Kier alpha value is -1.84. The molecule has 1 aromatic heterocycles. The molecule has 0 saturated carbocycles. The first-order chi connectivity index (χ1) is 7.16. The lowest BCUT2D eigenvalue weighted by atomic mass is 10.2. The van der Waals surface area contributed by atoms with Crippen LogP contribution in [0.2, 0.25) is 0 Å². The SMILES string of the molecule is Cc1nc(-c2ccc(N(C)C)cc2)n[nH]1. The van der Waals surface area contributed by atoms with Crippen molar-refractivity contribution in [3.05, 3.63) is 30.1 Å². The van der Waals surface area contributed by atoms with Crippen LogP contribution in [-0.2, 0) is 0 Å². The molecule has 1 aromatic carbocycles. The Kier molecular flexibility index (Phi) is 2.41. The standard InChI is InChI=1S/C11H14N4/c1-8-12-11(14-13-8)9-4-6-10(7-5-9)15(2)3/h4-7H,1-3H3,(H,12,13,14). The molecule has 0 unspecified atom stereocenters. The predicted molar refractivity (Wildman–Crippen MR) is 60.9 cm³/mol. The van der Waals surface area contributed by atoms with E-state index in [9.17, 15) is 0 Å². The molecule has 78 valence electrons. The second-order valence-corrected chi connectivity index (χ2v) is 3.69. The number of nitrogens with zero attached hydrogens (tertiary/aromatic N) is 3. The van der Waals surface area contributed by atoms with Gasteiger partial charge in [-0.2, -0.15) is 5.10 Å². The van der Waals surface area contributed by atoms with Crippen LogP contribution in [0.3, 0.4) is 0 Å². The molecule has 0 amide bonds. The van der Waals surface area contributed by atoms with E-state index >= 15 is 0 Å². The molecule has 1 N–H and O–H groups in total. The third-order valence-electron chi connectivity index (χ3n) is 2.24. The molecular formula is C11H14N4. The van der Waals surface area contributed by atoms with E-state index in [2.05, 4.69) is 32.2 Å². The summed E-state index contributed by atoms with van der Waals surface area (Å²) >= 11 is 0. The summed E-state index contributed by atoms with van der Waals surface area (Å²) in [4.78, 5) is 6.34. The zero-order valence-electron chi connectivity index (χ0n) is 9.15. The van der Waals surface area contributed by atoms with E-state index in [1.54, 1.807) is 0 Å². The normalized spacial score (nSPS) is 10.3. The summed E-state index contributed by atoms with van der Waals surface area (Å²) < 4.78 is 0. The van der Waals surface area contributed by atoms with Crippen LogP contribution in [-0.4, -0.2) is 29.3 Å². The molecule has 0 bridgehead atoms. The summed E-state index contributed by atoms with van der Waals surface area (Å²) in [5, 5.41) is 6.94. The van der Waals surface area contributed by atoms with Gasteiger partial charge in [0.05, 0.1) is 0 Å². The Balaban J connectivity index is 2.31. The van der Waals surface area contributed by atoms with Crippen molar-refractivity contribution < 1.29 is 0 Å². The van der Waals surface area contributed by atoms with E-state index in [1.807, 2.05) is 33.2 Å². The van der Waals surface area contributed by atoms with Gasteiger partial charge in [0, 0.05) is 25.3 Å². The Morgan fingerprint density at radius 2 is 1.80 bits per heavy atom. The van der Waals surface area contributed by atoms with Gasteiger partial charge < -0.3 is 4.90 Å². The van der Waals surface area contributed by atoms with Crippen LogP contribution < -0.4 is 4.90 Å². The van der Waals surface area contributed by atoms with Crippen molar-refractivity contribution in [1.29, 1.82) is 0 Å². The zero-order valence-corrected chi connectivity index (χ0v) is 9.15. The quantitative estimate of drug-likeness (QED) is 0.808. The molecule has 0 aliphatic heterocycles. The Morgan fingerprint density at radius 3 is 2.27 bits per heavy atom. The number of aromatic nitrogens is 3. The highest BCUT2D eigenvalue weighted by Gasteiger charge is 2.03. The topological polar surface area (TPSA) is 44.8 Å². The fourth-order valence-corrected chi connectivity index (χ4v) is 1.38. The summed E-state index contributed by atoms with van der Waals surface area (Å²) in [7, 11) is 4.04. The minimum Gasteiger partial charge on any atom is -0.378 e. The van der Waals surface area contributed by atoms with Crippen LogP contribution in [0.1, 0.15) is 5.82 Å². The molecule has 0 aliphatic carbocycles. The molecule has 0 aliphatic rings. The lowest BCUT2D eigenvalue weighted by Crippen LogP contribution is -2.07. The van der Waals surface area contributed by atoms with Gasteiger partial charge in [-0.1, -0.05) is 0 Å². The predicted octanol–water partition coefficient (Wildman–Crippen LogP) is 1.85. The minimum atomic E-state index is 0.748. The minimum absolute atomic E-state index is 0.748. The summed E-state index contributed by atoms with van der Waals surface area (Å²) in [6, 6.07) is 8.16. The molecule has 1 heterocycles. The highest BCUT2D eigenvalue weighted by atomic mass is 15.2. The van der Waals surface area contributed by atoms with Crippen LogP contribution in [0.5, 0.6) is 0 Å². The molecule has 0 spiro atoms. The fraction of sp³-hybridized carbons (Fsp3) is 0.273. The number of nitrogens with one attached hydrogen (secondary N) is 1. The van der Waals surface area contributed by atoms with Crippen LogP contribution >= 0.6 is 0 Å². The van der Waals surface area contributed by atoms with Gasteiger partial charge >= 0.3 is 0 Å². The van der Waals surface area contributed by atoms with E-state index in [-0.39, 0.29) is 0 Å². The molecule has 0 fully saturated rings. The second-order valence-electron chi connectivity index (χ2n) is 3.69. The summed E-state index contributed by atoms with van der Waals surface area (Å²) in [5.74, 6) is 1.58. The average molecular weight is 202 g/mol. The van der Waals surface area contributed by atoms with Gasteiger partial charge in [-0.15, -0.1) is 0 Å². The van der Waals surface area contributed by atoms with E-state index in [0.29, 0.717) is 0 Å². The van der Waals surface area contributed by atoms with Crippen molar-refractivity contribution in [2.24, 2.45) is 0 Å². The highest BCUT2D eigenvalue weighted by molar-refractivity contribution is 5.59. The number of hydrogen-bond acceptors (Lipinski definition) is 3. The zero-order chi connectivity index (χ0) is 10.8. The largest absolute Gasteiger partial charge is 0.378 e. The maximum absolute atomic E-state index is 4.28. The van der Waals surface area contributed by atoms with Crippen LogP contribution in [0.4, 0.5) is 5.69 Å². The molecule has 0 atom stereocenters. The Bertz CT molecular complexity index is 442. The number of aromatic amines is 1. The van der Waals surface area contributed by atoms with E-state index < -0.39 is 0 Å². The molecular weight excluding hydrogens is 188 g/mol. The van der Waals surface area contributed by atoms with E-state index in [1.165, 1.54) is 5.69 Å². The van der Waals surface area contributed by atoms with Crippen LogP contribution in [0.15, 0.2) is 24.3 Å². The van der Waals surface area contributed by atoms with Gasteiger partial charge in [-0.05, 0) is 31.2 Å². The highest BCUT2D eigenvalue weighted by Crippen LogP contribution is 2.18. The second kappa shape index (κ2) is 3.73. The molecule has 4 nitrogen and oxygen atoms in total. The third-order valence-corrected chi connectivity index (χ3v) is 2.24. The molecule has 0 radical (unpaired) electrons. The van der Waals surface area contributed by atoms with E-state index in [4.69, 9.17) is 0 Å². The van der Waals surface area contributed by atoms with Crippen LogP contribution in [0.25, 0.3) is 11.4 Å². The smallest absolute Gasteiger partial charge is 0.181 e. The maximum Gasteiger partial charge on any atom is 0.181 e. The third kappa shape index (κ3) is 1.98. The number of H-pyrrole nitrogens is 1. The van der Waals surface area contributed by atoms with Gasteiger partial charge in [0.15, 0.2) is 5.82 Å². The number of aryl methyl sites for hydroxylation is 1. The monoisotopic (exact) mass is 202 g/mol. The van der Waals surface area contributed by atoms with Gasteiger partial charge in [-0.3, -0.25) is 5.10 Å². The van der Waals surface area contributed by atoms with Crippen molar-refractivity contribution in [1.82, 2.24) is 15.2 Å². The van der Waals surface area contributed by atoms with Crippen molar-refractivity contribution in [3.63, 3.8) is 0 Å². The van der Waals surface area contributed by atoms with Gasteiger partial charge in [0.25, 0.3) is 0 Å². The molecule has 4 heteroatoms. The Morgan fingerprint density at radius 1 is 1.13 bits per heavy atom. The summed E-state index contributed by atoms with van der Waals surface area (Å²) in [6.45, 7) is 1.89. The first-order valence-electron chi connectivity index (χ1n) is 4.83. The average Bonchev–Trinajstić information content (AvgIpc) is 2.65. The lowest BCUT2D eigenvalue weighted by molar-refractivity contribution is 1.04. The lowest BCUT2D eigenvalue weighted by Gasteiger charge is -2.11. The molecule has 2 rings (SSSR count). The maximum atomic E-state index is 4.28. The summed E-state index contributed by atoms with van der Waals surface area (Å²) in [5.41, 5.74) is 2.20. The van der Waals surface area contributed by atoms with Gasteiger partial charge in [-0.25, -0.2) is 4.98 Å². The van der Waals surface area contributed by atoms with Crippen LogP contribution in [0, 0.1) is 6.92 Å². The first-order valence-corrected chi connectivity index (χ1v) is 4.83. The number of hydrogen-bond donors (Lipinski definition) is 1. The first kappa shape index (κ1) is 9.71. The van der Waals surface area contributed by atoms with Gasteiger partial charge in [0.1, 0.15) is 5.82 Å². The van der Waals surface area contributed by atoms with Crippen molar-refractivity contribution in [2.45, 2.75) is 6.92 Å². The number of rotatable bonds is 2. The fourth-order valence-electron chi connectivity index (χ4n) is 1.38.